The van der Waals surface area contributed by atoms with E-state index in [1.807, 2.05) is 43.3 Å². The molecule has 4 aromatic rings. The summed E-state index contributed by atoms with van der Waals surface area (Å²) in [5, 5.41) is 2.16. The van der Waals surface area contributed by atoms with Crippen molar-refractivity contribution >= 4 is 16.6 Å². The van der Waals surface area contributed by atoms with Crippen LogP contribution < -0.4 is 4.74 Å². The van der Waals surface area contributed by atoms with Gasteiger partial charge in [-0.2, -0.15) is 0 Å². The van der Waals surface area contributed by atoms with Crippen LogP contribution in [0, 0.1) is 12.3 Å². The van der Waals surface area contributed by atoms with Crippen molar-refractivity contribution in [2.24, 2.45) is 5.41 Å². The number of hydrogen-bond acceptors (Lipinski definition) is 4. The number of rotatable bonds is 3. The molecule has 0 fully saturated rings. The number of carbonyl (C=O) groups excluding carboxylic acids is 1. The van der Waals surface area contributed by atoms with E-state index in [9.17, 15) is 4.79 Å². The largest absolute Gasteiger partial charge is 0.496 e. The van der Waals surface area contributed by atoms with Crippen LogP contribution in [0.3, 0.4) is 0 Å². The number of methoxy groups -OCH3 is 1. The zero-order valence-electron chi connectivity index (χ0n) is 18.9. The Balaban J connectivity index is 1.88. The lowest BCUT2D eigenvalue weighted by Crippen LogP contribution is -2.28. The van der Waals surface area contributed by atoms with Gasteiger partial charge in [0, 0.05) is 29.3 Å². The second kappa shape index (κ2) is 7.56. The Morgan fingerprint density at radius 2 is 1.75 bits per heavy atom. The molecule has 5 rings (SSSR count). The smallest absolute Gasteiger partial charge is 0.165 e. The van der Waals surface area contributed by atoms with Crippen LogP contribution in [0.1, 0.15) is 41.9 Å². The van der Waals surface area contributed by atoms with Gasteiger partial charge in [0.25, 0.3) is 0 Å². The van der Waals surface area contributed by atoms with Crippen molar-refractivity contribution in [3.8, 4) is 28.3 Å². The van der Waals surface area contributed by atoms with Gasteiger partial charge in [0.15, 0.2) is 5.78 Å². The number of aryl methyl sites for hydroxylation is 1. The summed E-state index contributed by atoms with van der Waals surface area (Å²) in [5.41, 5.74) is 5.96. The average molecular weight is 423 g/mol. The summed E-state index contributed by atoms with van der Waals surface area (Å²) < 4.78 is 5.79. The molecule has 1 aliphatic rings. The first kappa shape index (κ1) is 20.4. The quantitative estimate of drug-likeness (QED) is 0.381. The number of fused-ring (bicyclic) bond motifs is 2. The topological polar surface area (TPSA) is 52.1 Å². The summed E-state index contributed by atoms with van der Waals surface area (Å²) in [5.74, 6) is 0.885. The van der Waals surface area contributed by atoms with Gasteiger partial charge < -0.3 is 4.74 Å². The molecule has 0 spiro atoms. The second-order valence-corrected chi connectivity index (χ2v) is 9.40. The molecule has 2 aromatic heterocycles. The number of ether oxygens (including phenoxy) is 1. The van der Waals surface area contributed by atoms with Crippen molar-refractivity contribution in [1.82, 2.24) is 9.97 Å². The van der Waals surface area contributed by atoms with Gasteiger partial charge in [-0.1, -0.05) is 44.2 Å². The van der Waals surface area contributed by atoms with E-state index >= 15 is 0 Å². The Morgan fingerprint density at radius 3 is 2.53 bits per heavy atom. The minimum atomic E-state index is -0.129. The van der Waals surface area contributed by atoms with Gasteiger partial charge in [0.05, 0.1) is 24.2 Å². The molecular formula is C28H26N2O2. The molecule has 0 aliphatic heterocycles. The van der Waals surface area contributed by atoms with Crippen LogP contribution in [-0.2, 0) is 6.42 Å². The first-order valence-electron chi connectivity index (χ1n) is 10.9. The Labute approximate surface area is 188 Å². The van der Waals surface area contributed by atoms with E-state index in [0.29, 0.717) is 6.42 Å². The number of carbonyl (C=O) groups is 1. The van der Waals surface area contributed by atoms with Crippen molar-refractivity contribution in [2.45, 2.75) is 33.6 Å². The zero-order chi connectivity index (χ0) is 22.5. The van der Waals surface area contributed by atoms with E-state index < -0.39 is 0 Å². The van der Waals surface area contributed by atoms with E-state index in [0.717, 1.165) is 62.3 Å². The zero-order valence-corrected chi connectivity index (χ0v) is 18.9. The van der Waals surface area contributed by atoms with Crippen LogP contribution in [0.5, 0.6) is 5.75 Å². The molecule has 160 valence electrons. The first-order chi connectivity index (χ1) is 15.4. The first-order valence-corrected chi connectivity index (χ1v) is 10.9. The molecule has 2 aromatic carbocycles. The minimum absolute atomic E-state index is 0.129. The van der Waals surface area contributed by atoms with E-state index in [4.69, 9.17) is 9.72 Å². The summed E-state index contributed by atoms with van der Waals surface area (Å²) in [6.07, 6.45) is 3.05. The predicted octanol–water partition coefficient (Wildman–Crippen LogP) is 6.44. The van der Waals surface area contributed by atoms with Crippen LogP contribution >= 0.6 is 0 Å². The highest BCUT2D eigenvalue weighted by molar-refractivity contribution is 6.10. The third kappa shape index (κ3) is 3.46. The van der Waals surface area contributed by atoms with Gasteiger partial charge in [-0.25, -0.2) is 0 Å². The number of ketones is 1. The molecule has 0 bridgehead atoms. The van der Waals surface area contributed by atoms with Crippen molar-refractivity contribution in [2.75, 3.05) is 7.11 Å². The lowest BCUT2D eigenvalue weighted by Gasteiger charge is -2.31. The van der Waals surface area contributed by atoms with Gasteiger partial charge >= 0.3 is 0 Å². The van der Waals surface area contributed by atoms with Crippen molar-refractivity contribution < 1.29 is 9.53 Å². The standard InChI is InChI=1S/C28H26N2O2/c1-17-11-12-29-21(13-17)22-14-20(27-23(30-22)15-28(2,3)16-24(27)31)26-19-8-6-5-7-18(19)9-10-25(26)32-4/h5-14H,15-16H2,1-4H3. The molecule has 4 heteroatoms. The predicted molar refractivity (Wildman–Crippen MR) is 128 cm³/mol. The van der Waals surface area contributed by atoms with Crippen LogP contribution in [0.25, 0.3) is 33.3 Å². The van der Waals surface area contributed by atoms with Crippen molar-refractivity contribution in [3.63, 3.8) is 0 Å². The summed E-state index contributed by atoms with van der Waals surface area (Å²) in [6.45, 7) is 6.31. The Hall–Kier alpha value is -3.53. The Morgan fingerprint density at radius 1 is 0.938 bits per heavy atom. The molecule has 2 heterocycles. The highest BCUT2D eigenvalue weighted by Gasteiger charge is 2.35. The summed E-state index contributed by atoms with van der Waals surface area (Å²) >= 11 is 0. The van der Waals surface area contributed by atoms with E-state index in [-0.39, 0.29) is 11.2 Å². The third-order valence-corrected chi connectivity index (χ3v) is 6.22. The monoisotopic (exact) mass is 422 g/mol. The van der Waals surface area contributed by atoms with Gasteiger partial charge in [-0.05, 0) is 59.4 Å². The Bertz CT molecular complexity index is 1370. The SMILES string of the molecule is COc1ccc2ccccc2c1-c1cc(-c2cc(C)ccn2)nc2c1C(=O)CC(C)(C)C2. The fraction of sp³-hybridized carbons (Fsp3) is 0.250. The highest BCUT2D eigenvalue weighted by Crippen LogP contribution is 2.44. The van der Waals surface area contributed by atoms with Crippen molar-refractivity contribution in [1.29, 1.82) is 0 Å². The fourth-order valence-electron chi connectivity index (χ4n) is 4.78. The minimum Gasteiger partial charge on any atom is -0.496 e. The lowest BCUT2D eigenvalue weighted by molar-refractivity contribution is 0.0911. The number of nitrogens with zero attached hydrogens (tertiary/aromatic N) is 2. The van der Waals surface area contributed by atoms with Gasteiger partial charge in [-0.3, -0.25) is 14.8 Å². The fourth-order valence-corrected chi connectivity index (χ4v) is 4.78. The molecular weight excluding hydrogens is 396 g/mol. The number of hydrogen-bond donors (Lipinski definition) is 0. The maximum absolute atomic E-state index is 13.4. The maximum atomic E-state index is 13.4. The number of aromatic nitrogens is 2. The maximum Gasteiger partial charge on any atom is 0.165 e. The molecule has 0 amide bonds. The van der Waals surface area contributed by atoms with Gasteiger partial charge in [-0.15, -0.1) is 0 Å². The lowest BCUT2D eigenvalue weighted by atomic mass is 9.73. The highest BCUT2D eigenvalue weighted by atomic mass is 16.5. The van der Waals surface area contributed by atoms with Crippen molar-refractivity contribution in [3.05, 3.63) is 77.6 Å². The van der Waals surface area contributed by atoms with Crippen LogP contribution in [0.4, 0.5) is 0 Å². The summed E-state index contributed by atoms with van der Waals surface area (Å²) in [7, 11) is 1.68. The normalized spacial score (nSPS) is 14.9. The second-order valence-electron chi connectivity index (χ2n) is 9.40. The molecule has 0 unspecified atom stereocenters. The number of benzene rings is 2. The van der Waals surface area contributed by atoms with E-state index in [1.165, 1.54) is 0 Å². The molecule has 32 heavy (non-hydrogen) atoms. The molecule has 0 saturated heterocycles. The van der Waals surface area contributed by atoms with Crippen LogP contribution in [0.15, 0.2) is 60.8 Å². The summed E-state index contributed by atoms with van der Waals surface area (Å²) in [6, 6.07) is 18.3. The third-order valence-electron chi connectivity index (χ3n) is 6.22. The number of pyridine rings is 2. The van der Waals surface area contributed by atoms with E-state index in [1.54, 1.807) is 13.3 Å². The Kier molecular flexibility index (Phi) is 4.81. The molecule has 0 saturated carbocycles. The molecule has 0 N–H and O–H groups in total. The van der Waals surface area contributed by atoms with Crippen LogP contribution in [-0.4, -0.2) is 22.9 Å². The van der Waals surface area contributed by atoms with Gasteiger partial charge in [0.1, 0.15) is 5.75 Å². The molecule has 0 radical (unpaired) electrons. The van der Waals surface area contributed by atoms with Crippen LogP contribution in [0.2, 0.25) is 0 Å². The molecule has 0 atom stereocenters. The number of Topliss-reactive ketones (excluding diaryl/α,β-unsaturated/α-hetero) is 1. The summed E-state index contributed by atoms with van der Waals surface area (Å²) in [4.78, 5) is 23.0. The molecule has 4 nitrogen and oxygen atoms in total. The average Bonchev–Trinajstić information content (AvgIpc) is 2.76. The van der Waals surface area contributed by atoms with E-state index in [2.05, 4.69) is 37.0 Å². The van der Waals surface area contributed by atoms with Gasteiger partial charge in [0.2, 0.25) is 0 Å². The molecule has 1 aliphatic carbocycles.